The summed E-state index contributed by atoms with van der Waals surface area (Å²) in [5.41, 5.74) is 2.21. The zero-order valence-electron chi connectivity index (χ0n) is 25.9. The number of hydrogen-bond acceptors (Lipinski definition) is 10. The molecule has 2 aliphatic carbocycles. The molecule has 1 atom stereocenters. The second kappa shape index (κ2) is 12.4. The third-order valence-electron chi connectivity index (χ3n) is 8.78. The molecule has 3 aliphatic rings. The molecule has 2 aromatic rings. The minimum absolute atomic E-state index is 0.0559. The maximum atomic E-state index is 12.9. The average Bonchev–Trinajstić information content (AvgIpc) is 3.70. The number of hydrogen-bond donors (Lipinski definition) is 3. The number of rotatable bonds is 11. The molecule has 3 heterocycles. The molecule has 1 aliphatic heterocycles. The van der Waals surface area contributed by atoms with E-state index in [2.05, 4.69) is 57.4 Å². The van der Waals surface area contributed by atoms with E-state index in [1.165, 1.54) is 16.5 Å². The Hall–Kier alpha value is -2.67. The van der Waals surface area contributed by atoms with Crippen LogP contribution in [-0.2, 0) is 21.6 Å². The highest BCUT2D eigenvalue weighted by atomic mass is 35.5. The Bertz CT molecular complexity index is 1510. The van der Waals surface area contributed by atoms with E-state index in [9.17, 15) is 13.5 Å². The van der Waals surface area contributed by atoms with Crippen LogP contribution in [0.25, 0.3) is 0 Å². The number of piperidine rings is 1. The molecule has 0 bridgehead atoms. The Balaban J connectivity index is 1.35. The molecule has 0 aromatic carbocycles. The van der Waals surface area contributed by atoms with Crippen LogP contribution in [-0.4, -0.2) is 74.8 Å². The fourth-order valence-corrected chi connectivity index (χ4v) is 7.02. The lowest BCUT2D eigenvalue weighted by atomic mass is 9.75. The van der Waals surface area contributed by atoms with Crippen molar-refractivity contribution in [3.05, 3.63) is 40.5 Å². The van der Waals surface area contributed by atoms with Gasteiger partial charge >= 0.3 is 0 Å². The van der Waals surface area contributed by atoms with Gasteiger partial charge in [-0.15, -0.1) is 0 Å². The van der Waals surface area contributed by atoms with Crippen molar-refractivity contribution in [2.24, 2.45) is 18.9 Å². The number of allylic oxidation sites excluding steroid dienone is 3. The standard InChI is InChI=1S/C30H44ClN7O4S/c1-18(2)43(40,41)28-25(16-37(6)36-28)33-27-23(31)15-32-29(35-27)34-24-13-19(3)22(14-26(24)42-21-7-8-21)20-9-11-38(12-10-20)30(4,5)17-39/h13,15-16,18,20-22,39H,7-12,14,17H2,1-6H3,(H2,32,33,34,35). The van der Waals surface area contributed by atoms with Gasteiger partial charge in [-0.05, 0) is 91.3 Å². The van der Waals surface area contributed by atoms with Gasteiger partial charge in [0.15, 0.2) is 5.82 Å². The summed E-state index contributed by atoms with van der Waals surface area (Å²) in [4.78, 5) is 11.4. The minimum atomic E-state index is -3.64. The molecule has 0 radical (unpaired) electrons. The number of halogens is 1. The molecule has 1 saturated heterocycles. The van der Waals surface area contributed by atoms with Crippen molar-refractivity contribution in [3.63, 3.8) is 0 Å². The van der Waals surface area contributed by atoms with Crippen LogP contribution in [0.5, 0.6) is 0 Å². The van der Waals surface area contributed by atoms with Gasteiger partial charge in [-0.2, -0.15) is 10.1 Å². The average molecular weight is 634 g/mol. The van der Waals surface area contributed by atoms with E-state index in [1.807, 2.05) is 0 Å². The molecule has 0 amide bonds. The van der Waals surface area contributed by atoms with Crippen LogP contribution >= 0.6 is 11.6 Å². The third kappa shape index (κ3) is 7.02. The van der Waals surface area contributed by atoms with Crippen molar-refractivity contribution in [3.8, 4) is 0 Å². The zero-order valence-corrected chi connectivity index (χ0v) is 27.5. The molecule has 2 fully saturated rings. The maximum absolute atomic E-state index is 12.9. The normalized spacial score (nSPS) is 20.9. The Morgan fingerprint density at radius 2 is 1.88 bits per heavy atom. The van der Waals surface area contributed by atoms with E-state index in [-0.39, 0.29) is 34.1 Å². The SMILES string of the molecule is CC1=CC(Nc2ncc(Cl)c(Nc3cn(C)nc3S(=O)(=O)C(C)C)n2)=C(OC2CC2)CC1C1CCN(C(C)(C)CO)CC1. The smallest absolute Gasteiger partial charge is 0.229 e. The van der Waals surface area contributed by atoms with Crippen molar-refractivity contribution in [1.82, 2.24) is 24.6 Å². The summed E-state index contributed by atoms with van der Waals surface area (Å²) in [7, 11) is -1.98. The number of anilines is 3. The summed E-state index contributed by atoms with van der Waals surface area (Å²) in [6.45, 7) is 11.7. The van der Waals surface area contributed by atoms with E-state index in [1.54, 1.807) is 27.1 Å². The van der Waals surface area contributed by atoms with E-state index in [0.717, 1.165) is 56.6 Å². The predicted molar refractivity (Wildman–Crippen MR) is 168 cm³/mol. The fourth-order valence-electron chi connectivity index (χ4n) is 5.79. The predicted octanol–water partition coefficient (Wildman–Crippen LogP) is 5.04. The van der Waals surface area contributed by atoms with E-state index in [0.29, 0.717) is 23.5 Å². The summed E-state index contributed by atoms with van der Waals surface area (Å²) in [6, 6.07) is 0. The van der Waals surface area contributed by atoms with Crippen molar-refractivity contribution in [1.29, 1.82) is 0 Å². The summed E-state index contributed by atoms with van der Waals surface area (Å²) >= 11 is 6.45. The lowest BCUT2D eigenvalue weighted by Crippen LogP contribution is -2.51. The number of nitrogens with one attached hydrogen (secondary N) is 2. The first-order valence-corrected chi connectivity index (χ1v) is 17.0. The van der Waals surface area contributed by atoms with Crippen LogP contribution < -0.4 is 10.6 Å². The molecule has 13 heteroatoms. The highest BCUT2D eigenvalue weighted by Gasteiger charge is 2.37. The fraction of sp³-hybridized carbons (Fsp3) is 0.633. The molecule has 0 spiro atoms. The molecule has 2 aromatic heterocycles. The molecular weight excluding hydrogens is 590 g/mol. The van der Waals surface area contributed by atoms with Gasteiger partial charge in [0.1, 0.15) is 10.8 Å². The number of sulfone groups is 1. The van der Waals surface area contributed by atoms with Gasteiger partial charge in [-0.25, -0.2) is 13.4 Å². The number of likely N-dealkylation sites (tertiary alicyclic amines) is 1. The molecule has 3 N–H and O–H groups in total. The highest BCUT2D eigenvalue weighted by molar-refractivity contribution is 7.92. The van der Waals surface area contributed by atoms with Crippen LogP contribution in [0.3, 0.4) is 0 Å². The Morgan fingerprint density at radius 3 is 2.51 bits per heavy atom. The van der Waals surface area contributed by atoms with Crippen molar-refractivity contribution in [2.75, 3.05) is 30.3 Å². The van der Waals surface area contributed by atoms with Crippen molar-refractivity contribution < 1.29 is 18.3 Å². The molecular formula is C30H44ClN7O4S. The van der Waals surface area contributed by atoms with Gasteiger partial charge in [0, 0.05) is 25.2 Å². The molecule has 5 rings (SSSR count). The van der Waals surface area contributed by atoms with Crippen LogP contribution in [0.1, 0.15) is 66.7 Å². The molecule has 1 unspecified atom stereocenters. The first-order chi connectivity index (χ1) is 20.3. The van der Waals surface area contributed by atoms with Gasteiger partial charge in [-0.1, -0.05) is 17.2 Å². The van der Waals surface area contributed by atoms with Crippen LogP contribution in [0, 0.1) is 11.8 Å². The van der Waals surface area contributed by atoms with Gasteiger partial charge in [0.25, 0.3) is 0 Å². The summed E-state index contributed by atoms with van der Waals surface area (Å²) < 4.78 is 33.7. The lowest BCUT2D eigenvalue weighted by molar-refractivity contribution is 0.0221. The topological polar surface area (TPSA) is 134 Å². The maximum Gasteiger partial charge on any atom is 0.229 e. The van der Waals surface area contributed by atoms with Gasteiger partial charge in [0.2, 0.25) is 20.8 Å². The monoisotopic (exact) mass is 633 g/mol. The first kappa shape index (κ1) is 31.7. The van der Waals surface area contributed by atoms with Crippen molar-refractivity contribution >= 4 is 38.9 Å². The summed E-state index contributed by atoms with van der Waals surface area (Å²) in [5, 5.41) is 20.0. The molecule has 236 valence electrons. The molecule has 11 nitrogen and oxygen atoms in total. The minimum Gasteiger partial charge on any atom is -0.493 e. The van der Waals surface area contributed by atoms with Gasteiger partial charge in [-0.3, -0.25) is 9.58 Å². The zero-order chi connectivity index (χ0) is 31.1. The molecule has 1 saturated carbocycles. The largest absolute Gasteiger partial charge is 0.493 e. The Labute approximate surface area is 259 Å². The van der Waals surface area contributed by atoms with Crippen LogP contribution in [0.4, 0.5) is 17.5 Å². The Kier molecular flexibility index (Phi) is 9.14. The van der Waals surface area contributed by atoms with E-state index in [4.69, 9.17) is 16.3 Å². The molecule has 43 heavy (non-hydrogen) atoms. The van der Waals surface area contributed by atoms with Gasteiger partial charge in [0.05, 0.1) is 35.5 Å². The van der Waals surface area contributed by atoms with Crippen LogP contribution in [0.2, 0.25) is 5.02 Å². The number of aryl methyl sites for hydroxylation is 1. The number of nitrogens with zero attached hydrogens (tertiary/aromatic N) is 5. The van der Waals surface area contributed by atoms with E-state index >= 15 is 0 Å². The lowest BCUT2D eigenvalue weighted by Gasteiger charge is -2.44. The highest BCUT2D eigenvalue weighted by Crippen LogP contribution is 2.42. The number of aromatic nitrogens is 4. The van der Waals surface area contributed by atoms with E-state index < -0.39 is 15.1 Å². The second-order valence-electron chi connectivity index (χ2n) is 12.9. The number of aliphatic hydroxyl groups is 1. The Morgan fingerprint density at radius 1 is 1.19 bits per heavy atom. The number of aliphatic hydroxyl groups excluding tert-OH is 1. The summed E-state index contributed by atoms with van der Waals surface area (Å²) in [5.74, 6) is 2.43. The summed E-state index contributed by atoms with van der Waals surface area (Å²) in [6.07, 6.45) is 10.5. The first-order valence-electron chi connectivity index (χ1n) is 15.1. The van der Waals surface area contributed by atoms with Gasteiger partial charge < -0.3 is 20.5 Å². The second-order valence-corrected chi connectivity index (χ2v) is 15.7. The number of ether oxygens (including phenoxy) is 1. The quantitative estimate of drug-likeness (QED) is 0.309. The van der Waals surface area contributed by atoms with Crippen molar-refractivity contribution in [2.45, 2.75) is 88.6 Å². The van der Waals surface area contributed by atoms with Crippen LogP contribution in [0.15, 0.2) is 40.5 Å². The third-order valence-corrected chi connectivity index (χ3v) is 11.1.